The molecule has 2 heterocycles. The average Bonchev–Trinajstić information content (AvgIpc) is 3.32. The van der Waals surface area contributed by atoms with Crippen molar-refractivity contribution in [2.75, 3.05) is 0 Å². The van der Waals surface area contributed by atoms with Crippen molar-refractivity contribution < 1.29 is 13.9 Å². The molecule has 0 fully saturated rings. The number of imidazole rings is 1. The Labute approximate surface area is 178 Å². The van der Waals surface area contributed by atoms with E-state index < -0.39 is 5.82 Å². The summed E-state index contributed by atoms with van der Waals surface area (Å²) < 4.78 is 21.8. The standard InChI is InChI=1S/C23H20FN5O2/c24-19-11-17(5-6-20(19)29-10-9-26-15-29)14-28-23(30)18-3-1-2-4-21(18)31-22-12-16(13-25)7-8-27-22/h1-12,15H,13-14,25H2,(H,28,30). The molecule has 0 saturated carbocycles. The first-order valence-electron chi connectivity index (χ1n) is 9.61. The molecule has 0 bridgehead atoms. The van der Waals surface area contributed by atoms with Crippen LogP contribution in [0.3, 0.4) is 0 Å². The number of carbonyl (C=O) groups is 1. The monoisotopic (exact) mass is 417 g/mol. The third-order valence-corrected chi connectivity index (χ3v) is 4.63. The second-order valence-electron chi connectivity index (χ2n) is 6.74. The molecular weight excluding hydrogens is 397 g/mol. The molecule has 0 aliphatic heterocycles. The Morgan fingerprint density at radius 1 is 1.10 bits per heavy atom. The lowest BCUT2D eigenvalue weighted by Gasteiger charge is -2.12. The number of nitrogens with two attached hydrogens (primary N) is 1. The van der Waals surface area contributed by atoms with Gasteiger partial charge in [-0.2, -0.15) is 0 Å². The van der Waals surface area contributed by atoms with Gasteiger partial charge in [0.2, 0.25) is 5.88 Å². The second kappa shape index (κ2) is 9.19. The maximum absolute atomic E-state index is 14.4. The maximum Gasteiger partial charge on any atom is 0.255 e. The lowest BCUT2D eigenvalue weighted by atomic mass is 10.1. The number of halogens is 1. The minimum Gasteiger partial charge on any atom is -0.438 e. The number of hydrogen-bond donors (Lipinski definition) is 2. The maximum atomic E-state index is 14.4. The number of ether oxygens (including phenoxy) is 1. The summed E-state index contributed by atoms with van der Waals surface area (Å²) in [5.41, 5.74) is 7.89. The quantitative estimate of drug-likeness (QED) is 0.479. The van der Waals surface area contributed by atoms with Crippen LogP contribution in [0.1, 0.15) is 21.5 Å². The Kier molecular flexibility index (Phi) is 6.00. The SMILES string of the molecule is NCc1ccnc(Oc2ccccc2C(=O)NCc2ccc(-n3ccnc3)c(F)c2)c1. The first-order valence-corrected chi connectivity index (χ1v) is 9.61. The van der Waals surface area contributed by atoms with Gasteiger partial charge in [-0.15, -0.1) is 0 Å². The van der Waals surface area contributed by atoms with Crippen LogP contribution in [0.15, 0.2) is 79.5 Å². The molecule has 31 heavy (non-hydrogen) atoms. The first-order chi connectivity index (χ1) is 15.1. The van der Waals surface area contributed by atoms with Gasteiger partial charge in [0.1, 0.15) is 11.6 Å². The van der Waals surface area contributed by atoms with Gasteiger partial charge in [-0.05, 0) is 41.5 Å². The molecule has 0 aliphatic carbocycles. The average molecular weight is 417 g/mol. The molecule has 0 radical (unpaired) electrons. The zero-order valence-corrected chi connectivity index (χ0v) is 16.5. The summed E-state index contributed by atoms with van der Waals surface area (Å²) in [7, 11) is 0. The molecule has 2 aromatic heterocycles. The highest BCUT2D eigenvalue weighted by Gasteiger charge is 2.14. The number of para-hydroxylation sites is 1. The van der Waals surface area contributed by atoms with Gasteiger partial charge in [0, 0.05) is 37.7 Å². The minimum absolute atomic E-state index is 0.162. The fraction of sp³-hybridized carbons (Fsp3) is 0.0870. The molecule has 8 heteroatoms. The summed E-state index contributed by atoms with van der Waals surface area (Å²) in [5.74, 6) is -0.0346. The van der Waals surface area contributed by atoms with E-state index in [2.05, 4.69) is 15.3 Å². The Balaban J connectivity index is 1.46. The van der Waals surface area contributed by atoms with Crippen LogP contribution >= 0.6 is 0 Å². The van der Waals surface area contributed by atoms with Crippen LogP contribution in [0.2, 0.25) is 0 Å². The highest BCUT2D eigenvalue weighted by molar-refractivity contribution is 5.96. The summed E-state index contributed by atoms with van der Waals surface area (Å²) in [6.45, 7) is 0.520. The van der Waals surface area contributed by atoms with E-state index in [0.29, 0.717) is 35.0 Å². The van der Waals surface area contributed by atoms with Gasteiger partial charge in [-0.25, -0.2) is 14.4 Å². The summed E-state index contributed by atoms with van der Waals surface area (Å²) in [6.07, 6.45) is 6.36. The predicted octanol–water partition coefficient (Wildman–Crippen LogP) is 3.59. The van der Waals surface area contributed by atoms with Gasteiger partial charge in [0.15, 0.2) is 0 Å². The zero-order valence-electron chi connectivity index (χ0n) is 16.5. The van der Waals surface area contributed by atoms with Crippen molar-refractivity contribution in [3.8, 4) is 17.3 Å². The topological polar surface area (TPSA) is 95.1 Å². The van der Waals surface area contributed by atoms with Crippen molar-refractivity contribution in [3.63, 3.8) is 0 Å². The van der Waals surface area contributed by atoms with Crippen molar-refractivity contribution in [2.45, 2.75) is 13.1 Å². The fourth-order valence-corrected chi connectivity index (χ4v) is 3.04. The van der Waals surface area contributed by atoms with E-state index in [1.807, 2.05) is 0 Å². The van der Waals surface area contributed by atoms with Crippen LogP contribution in [-0.4, -0.2) is 20.4 Å². The molecular formula is C23H20FN5O2. The molecule has 3 N–H and O–H groups in total. The van der Waals surface area contributed by atoms with Gasteiger partial charge in [-0.1, -0.05) is 18.2 Å². The van der Waals surface area contributed by atoms with Crippen molar-refractivity contribution in [1.82, 2.24) is 19.9 Å². The lowest BCUT2D eigenvalue weighted by molar-refractivity contribution is 0.0948. The van der Waals surface area contributed by atoms with Crippen molar-refractivity contribution in [3.05, 3.63) is 102 Å². The molecule has 0 unspecified atom stereocenters. The Bertz CT molecular complexity index is 1190. The highest BCUT2D eigenvalue weighted by atomic mass is 19.1. The molecule has 0 atom stereocenters. The molecule has 0 aliphatic rings. The Morgan fingerprint density at radius 3 is 2.74 bits per heavy atom. The van der Waals surface area contributed by atoms with Crippen molar-refractivity contribution in [2.24, 2.45) is 5.73 Å². The summed E-state index contributed by atoms with van der Waals surface area (Å²) >= 11 is 0. The summed E-state index contributed by atoms with van der Waals surface area (Å²) in [4.78, 5) is 20.8. The Morgan fingerprint density at radius 2 is 1.97 bits per heavy atom. The molecule has 0 saturated heterocycles. The Hall–Kier alpha value is -4.04. The number of aromatic nitrogens is 3. The lowest BCUT2D eigenvalue weighted by Crippen LogP contribution is -2.23. The van der Waals surface area contributed by atoms with Gasteiger partial charge in [0.05, 0.1) is 17.6 Å². The van der Waals surface area contributed by atoms with Crippen LogP contribution < -0.4 is 15.8 Å². The van der Waals surface area contributed by atoms with Crippen LogP contribution in [0.5, 0.6) is 11.6 Å². The number of hydrogen-bond acceptors (Lipinski definition) is 5. The van der Waals surface area contributed by atoms with E-state index in [1.165, 1.54) is 12.4 Å². The van der Waals surface area contributed by atoms with E-state index in [0.717, 1.165) is 5.56 Å². The number of amides is 1. The number of benzene rings is 2. The van der Waals surface area contributed by atoms with Gasteiger partial charge >= 0.3 is 0 Å². The minimum atomic E-state index is -0.403. The third kappa shape index (κ3) is 4.76. The smallest absolute Gasteiger partial charge is 0.255 e. The summed E-state index contributed by atoms with van der Waals surface area (Å²) in [5, 5.41) is 2.80. The van der Waals surface area contributed by atoms with Gasteiger partial charge in [0.25, 0.3) is 5.91 Å². The number of pyridine rings is 1. The van der Waals surface area contributed by atoms with Crippen LogP contribution in [0.25, 0.3) is 5.69 Å². The van der Waals surface area contributed by atoms with Gasteiger partial charge in [-0.3, -0.25) is 4.79 Å². The normalized spacial score (nSPS) is 10.6. The van der Waals surface area contributed by atoms with Crippen LogP contribution in [0, 0.1) is 5.82 Å². The predicted molar refractivity (Wildman–Crippen MR) is 113 cm³/mol. The van der Waals surface area contributed by atoms with Crippen LogP contribution in [0.4, 0.5) is 4.39 Å². The van der Waals surface area contributed by atoms with E-state index >= 15 is 0 Å². The molecule has 7 nitrogen and oxygen atoms in total. The number of rotatable bonds is 7. The molecule has 156 valence electrons. The number of nitrogens with one attached hydrogen (secondary N) is 1. The fourth-order valence-electron chi connectivity index (χ4n) is 3.04. The second-order valence-corrected chi connectivity index (χ2v) is 6.74. The first kappa shape index (κ1) is 20.2. The molecule has 2 aromatic carbocycles. The van der Waals surface area contributed by atoms with E-state index in [1.54, 1.807) is 71.7 Å². The number of carbonyl (C=O) groups excluding carboxylic acids is 1. The summed E-state index contributed by atoms with van der Waals surface area (Å²) in [6, 6.07) is 15.1. The van der Waals surface area contributed by atoms with E-state index in [4.69, 9.17) is 10.5 Å². The number of nitrogens with zero attached hydrogens (tertiary/aromatic N) is 3. The molecule has 4 rings (SSSR count). The third-order valence-electron chi connectivity index (χ3n) is 4.63. The molecule has 4 aromatic rings. The molecule has 0 spiro atoms. The van der Waals surface area contributed by atoms with Crippen molar-refractivity contribution in [1.29, 1.82) is 0 Å². The highest BCUT2D eigenvalue weighted by Crippen LogP contribution is 2.24. The van der Waals surface area contributed by atoms with E-state index in [-0.39, 0.29) is 12.5 Å². The van der Waals surface area contributed by atoms with Crippen molar-refractivity contribution >= 4 is 5.91 Å². The van der Waals surface area contributed by atoms with E-state index in [9.17, 15) is 9.18 Å². The zero-order chi connectivity index (χ0) is 21.6. The van der Waals surface area contributed by atoms with Crippen LogP contribution in [-0.2, 0) is 13.1 Å². The largest absolute Gasteiger partial charge is 0.438 e. The molecule has 1 amide bonds. The van der Waals surface area contributed by atoms with Gasteiger partial charge < -0.3 is 20.4 Å².